The van der Waals surface area contributed by atoms with Crippen molar-refractivity contribution >= 4 is 17.5 Å². The number of hydrogen-bond acceptors (Lipinski definition) is 1. The van der Waals surface area contributed by atoms with Crippen LogP contribution in [0.1, 0.15) is 28.9 Å². The molecule has 6 heteroatoms. The number of nitrogens with zero attached hydrogens (tertiary/aromatic N) is 1. The Labute approximate surface area is 101 Å². The van der Waals surface area contributed by atoms with Gasteiger partial charge >= 0.3 is 6.18 Å². The van der Waals surface area contributed by atoms with Crippen LogP contribution in [0.15, 0.2) is 18.2 Å². The number of carbonyl (C=O) groups is 1. The van der Waals surface area contributed by atoms with Crippen molar-refractivity contribution in [3.8, 4) is 0 Å². The van der Waals surface area contributed by atoms with Gasteiger partial charge in [-0.15, -0.1) is 0 Å². The Bertz CT molecular complexity index is 472. The number of halogens is 4. The zero-order chi connectivity index (χ0) is 12.8. The highest BCUT2D eigenvalue weighted by atomic mass is 35.5. The van der Waals surface area contributed by atoms with E-state index in [2.05, 4.69) is 0 Å². The molecule has 0 bridgehead atoms. The molecule has 0 fully saturated rings. The molecule has 2 nitrogen and oxygen atoms in total. The van der Waals surface area contributed by atoms with Gasteiger partial charge in [0.1, 0.15) is 6.54 Å². The standard InChI is InChI=1S/C11H9ClF3NO/c1-6-9-4-7(12)2-3-8(9)10(17)16(6)5-11(13,14)15/h2-4,6H,5H2,1H3. The van der Waals surface area contributed by atoms with Crippen molar-refractivity contribution in [3.05, 3.63) is 34.3 Å². The summed E-state index contributed by atoms with van der Waals surface area (Å²) >= 11 is 5.77. The van der Waals surface area contributed by atoms with Gasteiger partial charge in [-0.1, -0.05) is 11.6 Å². The van der Waals surface area contributed by atoms with Crippen LogP contribution < -0.4 is 0 Å². The molecule has 0 spiro atoms. The van der Waals surface area contributed by atoms with E-state index < -0.39 is 24.7 Å². The van der Waals surface area contributed by atoms with E-state index in [9.17, 15) is 18.0 Å². The third kappa shape index (κ3) is 2.24. The van der Waals surface area contributed by atoms with Crippen LogP contribution in [0.25, 0.3) is 0 Å². The predicted octanol–water partition coefficient (Wildman–Crippen LogP) is 3.42. The molecule has 92 valence electrons. The first kappa shape index (κ1) is 12.2. The molecule has 1 amide bonds. The summed E-state index contributed by atoms with van der Waals surface area (Å²) in [7, 11) is 0. The van der Waals surface area contributed by atoms with Crippen molar-refractivity contribution < 1.29 is 18.0 Å². The minimum Gasteiger partial charge on any atom is -0.323 e. The molecule has 1 heterocycles. The number of carbonyl (C=O) groups excluding carboxylic acids is 1. The molecule has 0 radical (unpaired) electrons. The van der Waals surface area contributed by atoms with Gasteiger partial charge in [-0.2, -0.15) is 13.2 Å². The summed E-state index contributed by atoms with van der Waals surface area (Å²) < 4.78 is 37.0. The third-order valence-electron chi connectivity index (χ3n) is 2.77. The SMILES string of the molecule is CC1c2cc(Cl)ccc2C(=O)N1CC(F)(F)F. The molecule has 1 aliphatic heterocycles. The molecule has 0 saturated heterocycles. The molecule has 0 N–H and O–H groups in total. The molecular weight excluding hydrogens is 255 g/mol. The van der Waals surface area contributed by atoms with Gasteiger partial charge in [0.25, 0.3) is 5.91 Å². The second kappa shape index (κ2) is 3.91. The lowest BCUT2D eigenvalue weighted by Crippen LogP contribution is -2.36. The van der Waals surface area contributed by atoms with Crippen molar-refractivity contribution in [2.24, 2.45) is 0 Å². The lowest BCUT2D eigenvalue weighted by Gasteiger charge is -2.23. The summed E-state index contributed by atoms with van der Waals surface area (Å²) in [5, 5.41) is 0.414. The molecule has 1 atom stereocenters. The molecule has 0 aliphatic carbocycles. The second-order valence-corrected chi connectivity index (χ2v) is 4.39. The maximum Gasteiger partial charge on any atom is 0.406 e. The van der Waals surface area contributed by atoms with Crippen molar-refractivity contribution in [3.63, 3.8) is 0 Å². The lowest BCUT2D eigenvalue weighted by atomic mass is 10.1. The lowest BCUT2D eigenvalue weighted by molar-refractivity contribution is -0.143. The number of alkyl halides is 3. The molecule has 1 aromatic carbocycles. The van der Waals surface area contributed by atoms with Crippen molar-refractivity contribution in [1.29, 1.82) is 0 Å². The Hall–Kier alpha value is -1.23. The first-order chi connectivity index (χ1) is 7.79. The van der Waals surface area contributed by atoms with E-state index in [-0.39, 0.29) is 0 Å². The molecule has 1 aliphatic rings. The van der Waals surface area contributed by atoms with Crippen molar-refractivity contribution in [1.82, 2.24) is 4.90 Å². The fourth-order valence-electron chi connectivity index (χ4n) is 1.97. The Morgan fingerprint density at radius 2 is 2.06 bits per heavy atom. The maximum atomic E-state index is 12.3. The van der Waals surface area contributed by atoms with Crippen LogP contribution in [0.2, 0.25) is 5.02 Å². The first-order valence-electron chi connectivity index (χ1n) is 4.97. The van der Waals surface area contributed by atoms with Gasteiger partial charge in [-0.25, -0.2) is 0 Å². The molecule has 2 rings (SSSR count). The summed E-state index contributed by atoms with van der Waals surface area (Å²) in [5.74, 6) is -0.596. The van der Waals surface area contributed by atoms with Gasteiger partial charge in [0, 0.05) is 10.6 Å². The topological polar surface area (TPSA) is 20.3 Å². The van der Waals surface area contributed by atoms with E-state index in [1.165, 1.54) is 18.2 Å². The largest absolute Gasteiger partial charge is 0.406 e. The fraction of sp³-hybridized carbons (Fsp3) is 0.364. The Kier molecular flexibility index (Phi) is 2.81. The van der Waals surface area contributed by atoms with Crippen LogP contribution >= 0.6 is 11.6 Å². The van der Waals surface area contributed by atoms with Crippen LogP contribution in [0.5, 0.6) is 0 Å². The summed E-state index contributed by atoms with van der Waals surface area (Å²) in [6.07, 6.45) is -4.39. The monoisotopic (exact) mass is 263 g/mol. The highest BCUT2D eigenvalue weighted by molar-refractivity contribution is 6.30. The summed E-state index contributed by atoms with van der Waals surface area (Å²) in [6.45, 7) is 0.325. The zero-order valence-corrected chi connectivity index (χ0v) is 9.64. The molecule has 0 aromatic heterocycles. The zero-order valence-electron chi connectivity index (χ0n) is 8.88. The third-order valence-corrected chi connectivity index (χ3v) is 3.01. The Morgan fingerprint density at radius 3 is 2.65 bits per heavy atom. The second-order valence-electron chi connectivity index (χ2n) is 3.96. The summed E-state index contributed by atoms with van der Waals surface area (Å²) in [5.41, 5.74) is 0.845. The first-order valence-corrected chi connectivity index (χ1v) is 5.34. The minimum atomic E-state index is -4.39. The fourth-order valence-corrected chi connectivity index (χ4v) is 2.15. The van der Waals surface area contributed by atoms with Crippen LogP contribution in [0, 0.1) is 0 Å². The number of rotatable bonds is 1. The van der Waals surface area contributed by atoms with Gasteiger partial charge in [-0.3, -0.25) is 4.79 Å². The van der Waals surface area contributed by atoms with Crippen LogP contribution in [-0.2, 0) is 0 Å². The Morgan fingerprint density at radius 1 is 1.41 bits per heavy atom. The average molecular weight is 264 g/mol. The number of fused-ring (bicyclic) bond motifs is 1. The van der Waals surface area contributed by atoms with Crippen molar-refractivity contribution in [2.45, 2.75) is 19.1 Å². The van der Waals surface area contributed by atoms with E-state index >= 15 is 0 Å². The van der Waals surface area contributed by atoms with E-state index in [0.717, 1.165) is 4.90 Å². The van der Waals surface area contributed by atoms with Crippen molar-refractivity contribution in [2.75, 3.05) is 6.54 Å². The predicted molar refractivity (Wildman–Crippen MR) is 57.0 cm³/mol. The summed E-state index contributed by atoms with van der Waals surface area (Å²) in [4.78, 5) is 12.6. The van der Waals surface area contributed by atoms with Gasteiger partial charge in [0.15, 0.2) is 0 Å². The molecule has 1 aromatic rings. The van der Waals surface area contributed by atoms with Gasteiger partial charge < -0.3 is 4.90 Å². The van der Waals surface area contributed by atoms with Gasteiger partial charge in [-0.05, 0) is 30.7 Å². The minimum absolute atomic E-state index is 0.297. The number of benzene rings is 1. The summed E-state index contributed by atoms with van der Waals surface area (Å²) in [6, 6.07) is 3.91. The van der Waals surface area contributed by atoms with Crippen LogP contribution in [-0.4, -0.2) is 23.5 Å². The number of amides is 1. The van der Waals surface area contributed by atoms with Crippen LogP contribution in [0.3, 0.4) is 0 Å². The molecule has 17 heavy (non-hydrogen) atoms. The smallest absolute Gasteiger partial charge is 0.323 e. The highest BCUT2D eigenvalue weighted by Crippen LogP contribution is 2.36. The number of hydrogen-bond donors (Lipinski definition) is 0. The van der Waals surface area contributed by atoms with E-state index in [0.29, 0.717) is 16.1 Å². The quantitative estimate of drug-likeness (QED) is 0.760. The van der Waals surface area contributed by atoms with E-state index in [4.69, 9.17) is 11.6 Å². The maximum absolute atomic E-state index is 12.3. The molecule has 1 unspecified atom stereocenters. The van der Waals surface area contributed by atoms with E-state index in [1.807, 2.05) is 0 Å². The normalized spacial score (nSPS) is 19.7. The van der Waals surface area contributed by atoms with Gasteiger partial charge in [0.05, 0.1) is 6.04 Å². The molecular formula is C11H9ClF3NO. The van der Waals surface area contributed by atoms with Gasteiger partial charge in [0.2, 0.25) is 0 Å². The molecule has 0 saturated carbocycles. The van der Waals surface area contributed by atoms with E-state index in [1.54, 1.807) is 6.92 Å². The highest BCUT2D eigenvalue weighted by Gasteiger charge is 2.41. The average Bonchev–Trinajstić information content (AvgIpc) is 2.42. The Balaban J connectivity index is 2.35. The van der Waals surface area contributed by atoms with Crippen LogP contribution in [0.4, 0.5) is 13.2 Å².